The van der Waals surface area contributed by atoms with E-state index in [4.69, 9.17) is 0 Å². The van der Waals surface area contributed by atoms with Crippen LogP contribution in [0.1, 0.15) is 32.6 Å². The van der Waals surface area contributed by atoms with Gasteiger partial charge in [0.2, 0.25) is 0 Å². The standard InChI is InChI=1S/C10H18.W/c1-4-10-6-5-8(2)9(3)7-10;/h8-10H,2-7H2,1H3;/q-2;+2. The summed E-state index contributed by atoms with van der Waals surface area (Å²) in [5.41, 5.74) is 0. The summed E-state index contributed by atoms with van der Waals surface area (Å²) in [6.45, 7) is 10.5. The minimum atomic E-state index is 0. The molecule has 64 valence electrons. The van der Waals surface area contributed by atoms with Gasteiger partial charge in [-0.05, 0) is 5.92 Å². The van der Waals surface area contributed by atoms with Crippen LogP contribution in [-0.4, -0.2) is 0 Å². The fourth-order valence-corrected chi connectivity index (χ4v) is 1.79. The molecule has 0 nitrogen and oxygen atoms in total. The van der Waals surface area contributed by atoms with E-state index < -0.39 is 0 Å². The summed E-state index contributed by atoms with van der Waals surface area (Å²) in [6.07, 6.45) is 5.33. The maximum atomic E-state index is 4.11. The Morgan fingerprint density at radius 1 is 1.18 bits per heavy atom. The van der Waals surface area contributed by atoms with Crippen LogP contribution in [-0.2, 0) is 21.1 Å². The number of hydrogen-bond donors (Lipinski definition) is 0. The molecule has 0 aromatic heterocycles. The van der Waals surface area contributed by atoms with E-state index in [0.717, 1.165) is 5.92 Å². The van der Waals surface area contributed by atoms with Gasteiger partial charge in [-0.15, -0.1) is 0 Å². The van der Waals surface area contributed by atoms with Crippen molar-refractivity contribution < 1.29 is 21.1 Å². The molecule has 0 aromatic rings. The molecule has 0 aliphatic heterocycles. The Bertz CT molecular complexity index is 101. The fraction of sp³-hybridized carbons (Fsp3) is 0.800. The predicted molar refractivity (Wildman–Crippen MR) is 45.3 cm³/mol. The zero-order chi connectivity index (χ0) is 7.56. The molecule has 3 atom stereocenters. The van der Waals surface area contributed by atoms with Crippen LogP contribution < -0.4 is 0 Å². The van der Waals surface area contributed by atoms with Crippen molar-refractivity contribution in [3.63, 3.8) is 0 Å². The van der Waals surface area contributed by atoms with E-state index in [0.29, 0.717) is 11.8 Å². The second-order valence-electron chi connectivity index (χ2n) is 3.61. The Morgan fingerprint density at radius 3 is 2.27 bits per heavy atom. The molecule has 0 N–H and O–H groups in total. The Hall–Kier alpha value is 0.688. The van der Waals surface area contributed by atoms with Crippen LogP contribution in [0.25, 0.3) is 0 Å². The average Bonchev–Trinajstić information content (AvgIpc) is 1.95. The van der Waals surface area contributed by atoms with Gasteiger partial charge in [-0.2, -0.15) is 11.8 Å². The quantitative estimate of drug-likeness (QED) is 0.651. The van der Waals surface area contributed by atoms with Gasteiger partial charge in [0.15, 0.2) is 0 Å². The van der Waals surface area contributed by atoms with Gasteiger partial charge in [-0.1, -0.05) is 32.6 Å². The smallest absolute Gasteiger partial charge is 0.342 e. The maximum Gasteiger partial charge on any atom is 2.00 e. The zero-order valence-corrected chi connectivity index (χ0v) is 10.3. The second kappa shape index (κ2) is 5.35. The molecule has 0 spiro atoms. The van der Waals surface area contributed by atoms with Crippen molar-refractivity contribution in [2.75, 3.05) is 0 Å². The Kier molecular flexibility index (Phi) is 5.69. The van der Waals surface area contributed by atoms with Gasteiger partial charge in [0.25, 0.3) is 0 Å². The van der Waals surface area contributed by atoms with Crippen LogP contribution in [0.2, 0.25) is 0 Å². The van der Waals surface area contributed by atoms with Gasteiger partial charge in [0, 0.05) is 0 Å². The van der Waals surface area contributed by atoms with Gasteiger partial charge in [-0.3, -0.25) is 0 Å². The summed E-state index contributed by atoms with van der Waals surface area (Å²) in [5, 5.41) is 0. The van der Waals surface area contributed by atoms with Crippen LogP contribution in [0.4, 0.5) is 0 Å². The van der Waals surface area contributed by atoms with E-state index >= 15 is 0 Å². The summed E-state index contributed by atoms with van der Waals surface area (Å²) in [7, 11) is 0. The van der Waals surface area contributed by atoms with Crippen LogP contribution >= 0.6 is 0 Å². The van der Waals surface area contributed by atoms with Crippen LogP contribution in [0, 0.1) is 31.6 Å². The average molecular weight is 322 g/mol. The van der Waals surface area contributed by atoms with Crippen molar-refractivity contribution >= 4 is 0 Å². The molecule has 1 aliphatic rings. The summed E-state index contributed by atoms with van der Waals surface area (Å²) in [4.78, 5) is 0. The van der Waals surface area contributed by atoms with Crippen LogP contribution in [0.15, 0.2) is 0 Å². The molecular formula is C10H18W. The third-order valence-corrected chi connectivity index (χ3v) is 2.83. The van der Waals surface area contributed by atoms with Crippen molar-refractivity contribution in [3.8, 4) is 0 Å². The molecule has 0 radical (unpaired) electrons. The van der Waals surface area contributed by atoms with Gasteiger partial charge < -0.3 is 13.8 Å². The second-order valence-corrected chi connectivity index (χ2v) is 3.61. The summed E-state index contributed by atoms with van der Waals surface area (Å²) in [5.74, 6) is 2.20. The predicted octanol–water partition coefficient (Wildman–Crippen LogP) is 3.09. The van der Waals surface area contributed by atoms with Gasteiger partial charge in [0.1, 0.15) is 0 Å². The minimum Gasteiger partial charge on any atom is -0.342 e. The van der Waals surface area contributed by atoms with Crippen molar-refractivity contribution in [2.24, 2.45) is 17.8 Å². The molecule has 1 saturated carbocycles. The molecule has 1 rings (SSSR count). The third-order valence-electron chi connectivity index (χ3n) is 2.83. The molecule has 1 aliphatic carbocycles. The van der Waals surface area contributed by atoms with Crippen molar-refractivity contribution in [1.82, 2.24) is 0 Å². The molecule has 0 amide bonds. The van der Waals surface area contributed by atoms with Crippen molar-refractivity contribution in [1.29, 1.82) is 0 Å². The zero-order valence-electron chi connectivity index (χ0n) is 7.38. The van der Waals surface area contributed by atoms with E-state index in [9.17, 15) is 0 Å². The molecule has 1 heteroatoms. The number of hydrogen-bond acceptors (Lipinski definition) is 0. The summed E-state index contributed by atoms with van der Waals surface area (Å²) in [6, 6.07) is 0. The Morgan fingerprint density at radius 2 is 1.82 bits per heavy atom. The first kappa shape index (κ1) is 11.7. The molecule has 0 bridgehead atoms. The largest absolute Gasteiger partial charge is 2.00 e. The first-order chi connectivity index (χ1) is 4.74. The van der Waals surface area contributed by atoms with Gasteiger partial charge in [0.05, 0.1) is 0 Å². The van der Waals surface area contributed by atoms with E-state index in [-0.39, 0.29) is 21.1 Å². The normalized spacial score (nSPS) is 37.9. The molecule has 11 heavy (non-hydrogen) atoms. The molecule has 0 aromatic carbocycles. The molecule has 1 fully saturated rings. The van der Waals surface area contributed by atoms with Crippen molar-refractivity contribution in [3.05, 3.63) is 13.8 Å². The van der Waals surface area contributed by atoms with Crippen LogP contribution in [0.5, 0.6) is 0 Å². The molecule has 3 unspecified atom stereocenters. The first-order valence-electron chi connectivity index (χ1n) is 4.40. The van der Waals surface area contributed by atoms with Gasteiger partial charge in [-0.25, -0.2) is 0 Å². The minimum absolute atomic E-state index is 0. The Labute approximate surface area is 85.4 Å². The maximum absolute atomic E-state index is 4.11. The monoisotopic (exact) mass is 322 g/mol. The molecule has 0 saturated heterocycles. The fourth-order valence-electron chi connectivity index (χ4n) is 1.79. The van der Waals surface area contributed by atoms with Crippen molar-refractivity contribution in [2.45, 2.75) is 32.6 Å². The summed E-state index contributed by atoms with van der Waals surface area (Å²) >= 11 is 0. The molecule has 0 heterocycles. The SMILES string of the molecule is [CH2-]C1CCC(CC)CC1[CH2-].[W+2]. The molecular weight excluding hydrogens is 304 g/mol. The van der Waals surface area contributed by atoms with E-state index in [2.05, 4.69) is 20.8 Å². The topological polar surface area (TPSA) is 0 Å². The number of rotatable bonds is 1. The summed E-state index contributed by atoms with van der Waals surface area (Å²) < 4.78 is 0. The first-order valence-corrected chi connectivity index (χ1v) is 4.40. The van der Waals surface area contributed by atoms with E-state index in [1.54, 1.807) is 0 Å². The Balaban J connectivity index is 0.000001000. The third kappa shape index (κ3) is 3.28. The van der Waals surface area contributed by atoms with E-state index in [1.807, 2.05) is 0 Å². The van der Waals surface area contributed by atoms with E-state index in [1.165, 1.54) is 25.7 Å². The van der Waals surface area contributed by atoms with Gasteiger partial charge >= 0.3 is 21.1 Å². The van der Waals surface area contributed by atoms with Crippen LogP contribution in [0.3, 0.4) is 0 Å².